The number of fused-ring (bicyclic) bond motifs is 1. The minimum absolute atomic E-state index is 0.0205. The van der Waals surface area contributed by atoms with Crippen molar-refractivity contribution in [3.05, 3.63) is 70.9 Å². The molecule has 3 heterocycles. The van der Waals surface area contributed by atoms with Gasteiger partial charge in [-0.15, -0.1) is 11.8 Å². The normalized spacial score (nSPS) is 18.3. The maximum absolute atomic E-state index is 15.3. The lowest BCUT2D eigenvalue weighted by Crippen LogP contribution is -2.46. The Hall–Kier alpha value is -3.40. The number of anilines is 1. The van der Waals surface area contributed by atoms with Crippen molar-refractivity contribution >= 4 is 29.4 Å². The summed E-state index contributed by atoms with van der Waals surface area (Å²) >= 11 is 1.27. The van der Waals surface area contributed by atoms with E-state index in [1.807, 2.05) is 37.8 Å². The van der Waals surface area contributed by atoms with Crippen LogP contribution >= 0.6 is 11.8 Å². The molecule has 1 aromatic heterocycles. The number of aromatic nitrogens is 2. The lowest BCUT2D eigenvalue weighted by molar-refractivity contribution is -0.132. The van der Waals surface area contributed by atoms with E-state index in [0.717, 1.165) is 18.9 Å². The second-order valence-electron chi connectivity index (χ2n) is 11.8. The zero-order chi connectivity index (χ0) is 29.5. The van der Waals surface area contributed by atoms with Gasteiger partial charge in [0, 0.05) is 35.7 Å². The van der Waals surface area contributed by atoms with E-state index in [1.165, 1.54) is 28.8 Å². The van der Waals surface area contributed by atoms with Crippen LogP contribution in [0.25, 0.3) is 5.69 Å². The Bertz CT molecular complexity index is 1440. The average Bonchev–Trinajstić information content (AvgIpc) is 3.28. The summed E-state index contributed by atoms with van der Waals surface area (Å²) in [5.74, 6) is -0.0947. The maximum Gasteiger partial charge on any atom is 0.242 e. The zero-order valence-corrected chi connectivity index (χ0v) is 24.9. The highest BCUT2D eigenvalue weighted by atomic mass is 32.2. The van der Waals surface area contributed by atoms with Crippen LogP contribution in [-0.4, -0.2) is 59.0 Å². The van der Waals surface area contributed by atoms with Crippen molar-refractivity contribution in [1.29, 1.82) is 0 Å². The van der Waals surface area contributed by atoms with E-state index in [9.17, 15) is 14.0 Å². The summed E-state index contributed by atoms with van der Waals surface area (Å²) < 4.78 is 36.3. The van der Waals surface area contributed by atoms with E-state index in [-0.39, 0.29) is 29.7 Å². The predicted octanol–water partition coefficient (Wildman–Crippen LogP) is 5.88. The number of ether oxygens (including phenoxy) is 1. The van der Waals surface area contributed by atoms with Gasteiger partial charge in [0.25, 0.3) is 0 Å². The molecule has 0 aliphatic carbocycles. The Morgan fingerprint density at radius 1 is 1.10 bits per heavy atom. The zero-order valence-electron chi connectivity index (χ0n) is 24.1. The third kappa shape index (κ3) is 5.84. The molecule has 41 heavy (non-hydrogen) atoms. The third-order valence-corrected chi connectivity index (χ3v) is 9.03. The molecule has 0 N–H and O–H groups in total. The van der Waals surface area contributed by atoms with Crippen molar-refractivity contribution in [2.75, 3.05) is 37.4 Å². The number of methoxy groups -OCH3 is 1. The molecule has 10 heteroatoms. The van der Waals surface area contributed by atoms with Crippen LogP contribution in [0, 0.1) is 17.6 Å². The summed E-state index contributed by atoms with van der Waals surface area (Å²) in [6, 6.07) is 10.8. The number of likely N-dealkylation sites (tertiary alicyclic amines) is 1. The molecule has 2 amide bonds. The lowest BCUT2D eigenvalue weighted by atomic mass is 9.87. The highest BCUT2D eigenvalue weighted by molar-refractivity contribution is 8.00. The summed E-state index contributed by atoms with van der Waals surface area (Å²) in [4.78, 5) is 30.8. The largest absolute Gasteiger partial charge is 0.497 e. The summed E-state index contributed by atoms with van der Waals surface area (Å²) in [5, 5.41) is 4.37. The van der Waals surface area contributed by atoms with E-state index in [0.29, 0.717) is 47.5 Å². The van der Waals surface area contributed by atoms with E-state index >= 15 is 4.39 Å². The highest BCUT2D eigenvalue weighted by Gasteiger charge is 2.41. The van der Waals surface area contributed by atoms with Gasteiger partial charge in [0.15, 0.2) is 0 Å². The van der Waals surface area contributed by atoms with Crippen molar-refractivity contribution in [2.24, 2.45) is 5.92 Å². The maximum atomic E-state index is 15.3. The van der Waals surface area contributed by atoms with Gasteiger partial charge in [0.2, 0.25) is 11.8 Å². The van der Waals surface area contributed by atoms with Crippen LogP contribution in [0.3, 0.4) is 0 Å². The molecule has 2 aliphatic rings. The number of piperidine rings is 1. The van der Waals surface area contributed by atoms with Gasteiger partial charge in [0.05, 0.1) is 29.5 Å². The van der Waals surface area contributed by atoms with Gasteiger partial charge in [-0.2, -0.15) is 5.10 Å². The lowest BCUT2D eigenvalue weighted by Gasteiger charge is -2.32. The van der Waals surface area contributed by atoms with E-state index < -0.39 is 22.3 Å². The number of carbonyl (C=O) groups excluding carboxylic acids is 2. The van der Waals surface area contributed by atoms with Crippen LogP contribution < -0.4 is 9.64 Å². The summed E-state index contributed by atoms with van der Waals surface area (Å²) in [6.45, 7) is 9.36. The fourth-order valence-electron chi connectivity index (χ4n) is 5.43. The first-order valence-corrected chi connectivity index (χ1v) is 14.9. The summed E-state index contributed by atoms with van der Waals surface area (Å²) in [7, 11) is 1.58. The Labute approximate surface area is 243 Å². The van der Waals surface area contributed by atoms with Crippen LogP contribution in [0.5, 0.6) is 5.75 Å². The second kappa shape index (κ2) is 11.5. The molecule has 2 aromatic carbocycles. The SMILES string of the molecule is COc1ccc(-n2nc(C(C)(C)C)c3c2N(CC(=O)N2CCC(C)CC2)C(=O)CSC3c2ccc(F)cc2F)cc1. The van der Waals surface area contributed by atoms with Gasteiger partial charge in [-0.25, -0.2) is 13.5 Å². The van der Waals surface area contributed by atoms with Crippen LogP contribution in [0.4, 0.5) is 14.6 Å². The van der Waals surface area contributed by atoms with E-state index in [1.54, 1.807) is 23.9 Å². The minimum Gasteiger partial charge on any atom is -0.497 e. The van der Waals surface area contributed by atoms with Gasteiger partial charge in [-0.05, 0) is 49.1 Å². The van der Waals surface area contributed by atoms with Crippen molar-refractivity contribution < 1.29 is 23.1 Å². The van der Waals surface area contributed by atoms with E-state index in [2.05, 4.69) is 6.92 Å². The molecule has 7 nitrogen and oxygen atoms in total. The van der Waals surface area contributed by atoms with Gasteiger partial charge in [-0.3, -0.25) is 14.5 Å². The number of carbonyl (C=O) groups is 2. The van der Waals surface area contributed by atoms with Crippen LogP contribution in [0.2, 0.25) is 0 Å². The Kier molecular flexibility index (Phi) is 8.14. The number of amides is 2. The molecule has 0 spiro atoms. The first-order chi connectivity index (χ1) is 19.5. The van der Waals surface area contributed by atoms with Crippen molar-refractivity contribution in [3.63, 3.8) is 0 Å². The quantitative estimate of drug-likeness (QED) is 0.376. The minimum atomic E-state index is -0.690. The predicted molar refractivity (Wildman–Crippen MR) is 157 cm³/mol. The Balaban J connectivity index is 1.71. The Morgan fingerprint density at radius 2 is 1.78 bits per heavy atom. The molecule has 0 bridgehead atoms. The number of nitrogens with zero attached hydrogens (tertiary/aromatic N) is 4. The first kappa shape index (κ1) is 29.1. The molecule has 0 radical (unpaired) electrons. The Morgan fingerprint density at radius 3 is 2.39 bits per heavy atom. The van der Waals surface area contributed by atoms with Gasteiger partial charge < -0.3 is 9.64 Å². The number of hydrogen-bond acceptors (Lipinski definition) is 5. The van der Waals surface area contributed by atoms with Crippen molar-refractivity contribution in [1.82, 2.24) is 14.7 Å². The third-order valence-electron chi connectivity index (χ3n) is 7.79. The molecule has 1 unspecified atom stereocenters. The topological polar surface area (TPSA) is 67.7 Å². The van der Waals surface area contributed by atoms with Gasteiger partial charge >= 0.3 is 0 Å². The molecule has 3 aromatic rings. The monoisotopic (exact) mass is 582 g/mol. The summed E-state index contributed by atoms with van der Waals surface area (Å²) in [5.41, 5.74) is 1.75. The smallest absolute Gasteiger partial charge is 0.242 e. The van der Waals surface area contributed by atoms with Crippen LogP contribution in [0.15, 0.2) is 42.5 Å². The standard InChI is InChI=1S/C31H36F2N4O3S/c1-19-12-14-35(15-13-19)25(38)17-36-26(39)18-41-28(23-11-6-20(32)16-24(23)33)27-29(31(2,3)4)34-37(30(27)36)21-7-9-22(40-5)10-8-21/h6-11,16,19,28H,12-15,17-18H2,1-5H3. The molecule has 1 saturated heterocycles. The number of thioether (sulfide) groups is 1. The average molecular weight is 583 g/mol. The number of rotatable bonds is 5. The van der Waals surface area contributed by atoms with Crippen molar-refractivity contribution in [3.8, 4) is 11.4 Å². The fourth-order valence-corrected chi connectivity index (χ4v) is 6.65. The number of benzene rings is 2. The fraction of sp³-hybridized carbons (Fsp3) is 0.452. The molecule has 2 aliphatic heterocycles. The molecule has 1 fully saturated rings. The molecule has 1 atom stereocenters. The van der Waals surface area contributed by atoms with Crippen LogP contribution in [-0.2, 0) is 15.0 Å². The molecular formula is C31H36F2N4O3S. The van der Waals surface area contributed by atoms with Gasteiger partial charge in [-0.1, -0.05) is 33.8 Å². The van der Waals surface area contributed by atoms with Gasteiger partial charge in [0.1, 0.15) is 29.7 Å². The number of hydrogen-bond donors (Lipinski definition) is 0. The van der Waals surface area contributed by atoms with E-state index in [4.69, 9.17) is 9.84 Å². The first-order valence-electron chi connectivity index (χ1n) is 13.9. The van der Waals surface area contributed by atoms with Crippen LogP contribution in [0.1, 0.15) is 62.6 Å². The van der Waals surface area contributed by atoms with Crippen molar-refractivity contribution in [2.45, 2.75) is 51.2 Å². The molecule has 0 saturated carbocycles. The summed E-state index contributed by atoms with van der Waals surface area (Å²) in [6.07, 6.45) is 1.84. The second-order valence-corrected chi connectivity index (χ2v) is 12.9. The molecule has 218 valence electrons. The highest BCUT2D eigenvalue weighted by Crippen LogP contribution is 2.49. The number of halogens is 2. The molecule has 5 rings (SSSR count). The molecular weight excluding hydrogens is 546 g/mol.